The quantitative estimate of drug-likeness (QED) is 0.280. The van der Waals surface area contributed by atoms with E-state index in [1.54, 1.807) is 0 Å². The van der Waals surface area contributed by atoms with Gasteiger partial charge in [0.2, 0.25) is 0 Å². The van der Waals surface area contributed by atoms with Crippen molar-refractivity contribution in [2.24, 2.45) is 4.99 Å². The Hall–Kier alpha value is -1.98. The first-order chi connectivity index (χ1) is 12.3. The maximum atomic E-state index is 10.2. The first-order valence-corrected chi connectivity index (χ1v) is 9.68. The van der Waals surface area contributed by atoms with Crippen molar-refractivity contribution in [3.8, 4) is 0 Å². The summed E-state index contributed by atoms with van der Waals surface area (Å²) in [5, 5.41) is 16.7. The highest BCUT2D eigenvalue weighted by Gasteiger charge is 2.05. The molecule has 25 heavy (non-hydrogen) atoms. The molecule has 0 amide bonds. The van der Waals surface area contributed by atoms with Crippen LogP contribution in [0.1, 0.15) is 12.5 Å². The Balaban J connectivity index is 1.73. The van der Waals surface area contributed by atoms with Crippen molar-refractivity contribution < 1.29 is 5.11 Å². The van der Waals surface area contributed by atoms with Crippen molar-refractivity contribution in [2.45, 2.75) is 24.3 Å². The topological polar surface area (TPSA) is 56.7 Å². The molecule has 2 rings (SSSR count). The van der Waals surface area contributed by atoms with Crippen LogP contribution in [0.3, 0.4) is 0 Å². The third-order valence-corrected chi connectivity index (χ3v) is 4.54. The van der Waals surface area contributed by atoms with Crippen molar-refractivity contribution in [3.05, 3.63) is 66.2 Å². The van der Waals surface area contributed by atoms with Crippen LogP contribution in [-0.2, 0) is 6.42 Å². The summed E-state index contributed by atoms with van der Waals surface area (Å²) in [6.07, 6.45) is 0.143. The third-order valence-electron chi connectivity index (χ3n) is 3.52. The lowest BCUT2D eigenvalue weighted by atomic mass is 10.1. The Morgan fingerprint density at radius 2 is 1.72 bits per heavy atom. The molecule has 0 saturated heterocycles. The summed E-state index contributed by atoms with van der Waals surface area (Å²) in [6.45, 7) is 4.04. The highest BCUT2D eigenvalue weighted by Crippen LogP contribution is 2.15. The zero-order chi connectivity index (χ0) is 17.7. The van der Waals surface area contributed by atoms with Crippen LogP contribution in [0.15, 0.2) is 70.6 Å². The number of nitrogens with zero attached hydrogens (tertiary/aromatic N) is 1. The molecular weight excluding hydrogens is 330 g/mol. The lowest BCUT2D eigenvalue weighted by molar-refractivity contribution is 0.183. The predicted octanol–water partition coefficient (Wildman–Crippen LogP) is 2.94. The fraction of sp³-hybridized carbons (Fsp3) is 0.350. The molecule has 0 saturated carbocycles. The Morgan fingerprint density at radius 3 is 2.40 bits per heavy atom. The summed E-state index contributed by atoms with van der Waals surface area (Å²) in [7, 11) is 0. The molecule has 5 heteroatoms. The number of hydrogen-bond donors (Lipinski definition) is 3. The second kappa shape index (κ2) is 11.6. The molecule has 0 aliphatic carbocycles. The van der Waals surface area contributed by atoms with Gasteiger partial charge in [0.05, 0.1) is 12.6 Å². The minimum absolute atomic E-state index is 0.385. The Kier molecular flexibility index (Phi) is 8.94. The van der Waals surface area contributed by atoms with E-state index in [0.29, 0.717) is 13.0 Å². The third kappa shape index (κ3) is 8.09. The van der Waals surface area contributed by atoms with Gasteiger partial charge in [-0.15, -0.1) is 11.8 Å². The van der Waals surface area contributed by atoms with E-state index < -0.39 is 6.10 Å². The van der Waals surface area contributed by atoms with E-state index in [9.17, 15) is 5.11 Å². The standard InChI is InChI=1S/C20H27N3OS/c1-2-21-20(22-13-14-25-19-11-7-4-8-12-19)23-16-18(24)15-17-9-5-3-6-10-17/h3-12,18,24H,2,13-16H2,1H3,(H2,21,22,23). The van der Waals surface area contributed by atoms with Gasteiger partial charge < -0.3 is 15.7 Å². The van der Waals surface area contributed by atoms with Gasteiger partial charge in [-0.05, 0) is 24.6 Å². The van der Waals surface area contributed by atoms with Gasteiger partial charge in [-0.25, -0.2) is 0 Å². The fourth-order valence-electron chi connectivity index (χ4n) is 2.34. The minimum atomic E-state index is -0.475. The molecular formula is C20H27N3OS. The summed E-state index contributed by atoms with van der Waals surface area (Å²) in [5.74, 6) is 1.71. The first kappa shape index (κ1) is 19.3. The van der Waals surface area contributed by atoms with E-state index >= 15 is 0 Å². The number of hydrogen-bond acceptors (Lipinski definition) is 3. The van der Waals surface area contributed by atoms with Gasteiger partial charge in [0.25, 0.3) is 0 Å². The van der Waals surface area contributed by atoms with Gasteiger partial charge in [0.1, 0.15) is 0 Å². The smallest absolute Gasteiger partial charge is 0.191 e. The second-order valence-electron chi connectivity index (χ2n) is 5.65. The van der Waals surface area contributed by atoms with E-state index in [2.05, 4.69) is 39.9 Å². The van der Waals surface area contributed by atoms with Gasteiger partial charge in [0.15, 0.2) is 5.96 Å². The molecule has 0 aliphatic heterocycles. The lowest BCUT2D eigenvalue weighted by Gasteiger charge is -2.13. The molecule has 0 fully saturated rings. The van der Waals surface area contributed by atoms with Crippen molar-refractivity contribution in [3.63, 3.8) is 0 Å². The largest absolute Gasteiger partial charge is 0.391 e. The molecule has 1 unspecified atom stereocenters. The number of guanidine groups is 1. The van der Waals surface area contributed by atoms with Crippen LogP contribution in [0.4, 0.5) is 0 Å². The molecule has 0 bridgehead atoms. The number of nitrogens with one attached hydrogen (secondary N) is 2. The van der Waals surface area contributed by atoms with Gasteiger partial charge >= 0.3 is 0 Å². The summed E-state index contributed by atoms with van der Waals surface area (Å²) in [4.78, 5) is 5.76. The number of aliphatic imine (C=N–C) groups is 1. The molecule has 0 aliphatic rings. The summed E-state index contributed by atoms with van der Waals surface area (Å²) < 4.78 is 0. The van der Waals surface area contributed by atoms with Crippen LogP contribution in [0.25, 0.3) is 0 Å². The van der Waals surface area contributed by atoms with Crippen molar-refractivity contribution in [2.75, 3.05) is 25.4 Å². The van der Waals surface area contributed by atoms with Gasteiger partial charge in [-0.2, -0.15) is 0 Å². The molecule has 0 spiro atoms. The SMILES string of the molecule is CCNC(=NCC(O)Cc1ccccc1)NCCSc1ccccc1. The minimum Gasteiger partial charge on any atom is -0.391 e. The van der Waals surface area contributed by atoms with Crippen LogP contribution in [0.2, 0.25) is 0 Å². The molecule has 2 aromatic carbocycles. The Bertz CT molecular complexity index is 619. The van der Waals surface area contributed by atoms with Crippen LogP contribution in [-0.4, -0.2) is 42.6 Å². The molecule has 0 aromatic heterocycles. The average Bonchev–Trinajstić information content (AvgIpc) is 2.65. The number of aliphatic hydroxyl groups excluding tert-OH is 1. The zero-order valence-corrected chi connectivity index (χ0v) is 15.5. The van der Waals surface area contributed by atoms with Crippen LogP contribution in [0, 0.1) is 0 Å². The maximum Gasteiger partial charge on any atom is 0.191 e. The van der Waals surface area contributed by atoms with Crippen molar-refractivity contribution in [1.29, 1.82) is 0 Å². The van der Waals surface area contributed by atoms with E-state index in [0.717, 1.165) is 30.4 Å². The molecule has 0 heterocycles. The predicted molar refractivity (Wildman–Crippen MR) is 107 cm³/mol. The Morgan fingerprint density at radius 1 is 1.04 bits per heavy atom. The van der Waals surface area contributed by atoms with Crippen molar-refractivity contribution in [1.82, 2.24) is 10.6 Å². The number of thioether (sulfide) groups is 1. The van der Waals surface area contributed by atoms with Crippen LogP contribution < -0.4 is 10.6 Å². The molecule has 2 aromatic rings. The van der Waals surface area contributed by atoms with E-state index in [-0.39, 0.29) is 0 Å². The van der Waals surface area contributed by atoms with E-state index in [1.807, 2.05) is 55.1 Å². The van der Waals surface area contributed by atoms with Gasteiger partial charge in [0, 0.05) is 30.2 Å². The molecule has 3 N–H and O–H groups in total. The van der Waals surface area contributed by atoms with E-state index in [4.69, 9.17) is 0 Å². The van der Waals surface area contributed by atoms with Gasteiger partial charge in [-0.1, -0.05) is 48.5 Å². The number of aliphatic hydroxyl groups is 1. The first-order valence-electron chi connectivity index (χ1n) is 8.70. The summed E-state index contributed by atoms with van der Waals surface area (Å²) in [6, 6.07) is 20.4. The van der Waals surface area contributed by atoms with Gasteiger partial charge in [-0.3, -0.25) is 4.99 Å². The van der Waals surface area contributed by atoms with Crippen molar-refractivity contribution >= 4 is 17.7 Å². The monoisotopic (exact) mass is 357 g/mol. The van der Waals surface area contributed by atoms with Crippen LogP contribution in [0.5, 0.6) is 0 Å². The number of benzene rings is 2. The summed E-state index contributed by atoms with van der Waals surface area (Å²) in [5.41, 5.74) is 1.13. The highest BCUT2D eigenvalue weighted by molar-refractivity contribution is 7.99. The molecule has 134 valence electrons. The molecule has 1 atom stereocenters. The average molecular weight is 358 g/mol. The van der Waals surface area contributed by atoms with E-state index in [1.165, 1.54) is 4.90 Å². The normalized spacial score (nSPS) is 12.6. The van der Waals surface area contributed by atoms with Crippen LogP contribution >= 0.6 is 11.8 Å². The lowest BCUT2D eigenvalue weighted by Crippen LogP contribution is -2.39. The molecule has 0 radical (unpaired) electrons. The summed E-state index contributed by atoms with van der Waals surface area (Å²) >= 11 is 1.81. The second-order valence-corrected chi connectivity index (χ2v) is 6.82. The fourth-order valence-corrected chi connectivity index (χ4v) is 3.13. The molecule has 4 nitrogen and oxygen atoms in total. The highest BCUT2D eigenvalue weighted by atomic mass is 32.2. The number of rotatable bonds is 9. The zero-order valence-electron chi connectivity index (χ0n) is 14.7. The Labute approximate surface area is 154 Å². The maximum absolute atomic E-state index is 10.2.